The zero-order valence-corrected chi connectivity index (χ0v) is 10.7. The molecule has 0 aliphatic carbocycles. The lowest BCUT2D eigenvalue weighted by molar-refractivity contribution is -0.143. The molecule has 0 heterocycles. The molecule has 0 radical (unpaired) electrons. The highest BCUT2D eigenvalue weighted by Crippen LogP contribution is 2.20. The van der Waals surface area contributed by atoms with E-state index in [0.717, 1.165) is 4.90 Å². The first-order valence-corrected chi connectivity index (χ1v) is 5.87. The smallest absolute Gasteiger partial charge is 0.252 e. The van der Waals surface area contributed by atoms with E-state index in [4.69, 9.17) is 10.8 Å². The van der Waals surface area contributed by atoms with E-state index in [9.17, 15) is 14.7 Å². The van der Waals surface area contributed by atoms with E-state index in [1.807, 2.05) is 0 Å². The number of primary amides is 1. The summed E-state index contributed by atoms with van der Waals surface area (Å²) in [4.78, 5) is 24.5. The van der Waals surface area contributed by atoms with Gasteiger partial charge in [-0.05, 0) is 5.56 Å². The number of amides is 2. The summed E-state index contributed by atoms with van der Waals surface area (Å²) in [6.45, 7) is -0.141. The van der Waals surface area contributed by atoms with Crippen LogP contribution < -0.4 is 5.73 Å². The van der Waals surface area contributed by atoms with Crippen LogP contribution in [0.4, 0.5) is 0 Å². The Hall–Kier alpha value is -1.92. The van der Waals surface area contributed by atoms with Crippen molar-refractivity contribution < 1.29 is 19.8 Å². The zero-order valence-electron chi connectivity index (χ0n) is 10.7. The number of aliphatic hydroxyl groups is 2. The Morgan fingerprint density at radius 3 is 2.37 bits per heavy atom. The van der Waals surface area contributed by atoms with Gasteiger partial charge in [-0.3, -0.25) is 9.59 Å². The maximum absolute atomic E-state index is 11.9. The molecule has 0 unspecified atom stereocenters. The Bertz CT molecular complexity index is 436. The fourth-order valence-electron chi connectivity index (χ4n) is 1.79. The van der Waals surface area contributed by atoms with Crippen molar-refractivity contribution in [2.24, 2.45) is 5.73 Å². The second-order valence-corrected chi connectivity index (χ2v) is 4.22. The van der Waals surface area contributed by atoms with Gasteiger partial charge in [-0.1, -0.05) is 30.3 Å². The van der Waals surface area contributed by atoms with Crippen LogP contribution in [0.15, 0.2) is 30.3 Å². The average Bonchev–Trinajstić information content (AvgIpc) is 2.39. The number of carbonyl (C=O) groups excluding carboxylic acids is 2. The Balaban J connectivity index is 2.94. The Labute approximate surface area is 111 Å². The quantitative estimate of drug-likeness (QED) is 0.618. The monoisotopic (exact) mass is 266 g/mol. The second kappa shape index (κ2) is 6.86. The summed E-state index contributed by atoms with van der Waals surface area (Å²) >= 11 is 0. The SMILES string of the molecule is CN(CCO)C(=O)[C@H](O)[C@H](C(N)=O)c1ccccc1. The topological polar surface area (TPSA) is 104 Å². The summed E-state index contributed by atoms with van der Waals surface area (Å²) in [5.74, 6) is -2.53. The molecule has 4 N–H and O–H groups in total. The molecule has 0 aliphatic heterocycles. The van der Waals surface area contributed by atoms with Crippen LogP contribution >= 0.6 is 0 Å². The Morgan fingerprint density at radius 2 is 1.89 bits per heavy atom. The van der Waals surface area contributed by atoms with Crippen LogP contribution in [-0.2, 0) is 9.59 Å². The summed E-state index contributed by atoms with van der Waals surface area (Å²) in [5, 5.41) is 18.8. The molecule has 0 bridgehead atoms. The highest BCUT2D eigenvalue weighted by atomic mass is 16.3. The van der Waals surface area contributed by atoms with Crippen molar-refractivity contribution >= 4 is 11.8 Å². The summed E-state index contributed by atoms with van der Waals surface area (Å²) < 4.78 is 0. The van der Waals surface area contributed by atoms with Crippen molar-refractivity contribution in [1.29, 1.82) is 0 Å². The van der Waals surface area contributed by atoms with E-state index in [1.54, 1.807) is 30.3 Å². The molecular weight excluding hydrogens is 248 g/mol. The largest absolute Gasteiger partial charge is 0.395 e. The first-order valence-electron chi connectivity index (χ1n) is 5.87. The molecule has 2 atom stereocenters. The van der Waals surface area contributed by atoms with Crippen LogP contribution in [0.2, 0.25) is 0 Å². The van der Waals surface area contributed by atoms with Crippen LogP contribution in [0.1, 0.15) is 11.5 Å². The van der Waals surface area contributed by atoms with Crippen molar-refractivity contribution in [2.45, 2.75) is 12.0 Å². The number of aliphatic hydroxyl groups excluding tert-OH is 2. The summed E-state index contributed by atoms with van der Waals surface area (Å²) in [6, 6.07) is 8.39. The van der Waals surface area contributed by atoms with Crippen LogP contribution in [0, 0.1) is 0 Å². The molecule has 2 amide bonds. The number of hydrogen-bond donors (Lipinski definition) is 3. The van der Waals surface area contributed by atoms with Crippen molar-refractivity contribution in [3.05, 3.63) is 35.9 Å². The lowest BCUT2D eigenvalue weighted by Crippen LogP contribution is -2.44. The van der Waals surface area contributed by atoms with Gasteiger partial charge in [-0.15, -0.1) is 0 Å². The number of carbonyl (C=O) groups is 2. The molecular formula is C13H18N2O4. The number of rotatable bonds is 6. The predicted octanol–water partition coefficient (Wildman–Crippen LogP) is -0.933. The third kappa shape index (κ3) is 3.77. The van der Waals surface area contributed by atoms with Crippen LogP contribution in [0.25, 0.3) is 0 Å². The molecule has 0 aliphatic rings. The third-order valence-electron chi connectivity index (χ3n) is 2.85. The van der Waals surface area contributed by atoms with Gasteiger partial charge < -0.3 is 20.8 Å². The fourth-order valence-corrected chi connectivity index (χ4v) is 1.79. The Morgan fingerprint density at radius 1 is 1.32 bits per heavy atom. The summed E-state index contributed by atoms with van der Waals surface area (Å²) in [7, 11) is 1.44. The molecule has 0 saturated carbocycles. The van der Waals surface area contributed by atoms with Crippen molar-refractivity contribution in [2.75, 3.05) is 20.2 Å². The molecule has 1 aromatic carbocycles. The standard InChI is InChI=1S/C13H18N2O4/c1-15(7-8-16)13(19)11(17)10(12(14)18)9-5-3-2-4-6-9/h2-6,10-11,16-17H,7-8H2,1H3,(H2,14,18)/t10-,11-/m1/s1. The van der Waals surface area contributed by atoms with E-state index >= 15 is 0 Å². The van der Waals surface area contributed by atoms with Crippen LogP contribution in [0.3, 0.4) is 0 Å². The normalized spacial score (nSPS) is 13.6. The van der Waals surface area contributed by atoms with Gasteiger partial charge in [0, 0.05) is 13.6 Å². The number of nitrogens with two attached hydrogens (primary N) is 1. The maximum atomic E-state index is 11.9. The number of likely N-dealkylation sites (N-methyl/N-ethyl adjacent to an activating group) is 1. The molecule has 1 rings (SSSR count). The minimum atomic E-state index is -1.56. The predicted molar refractivity (Wildman–Crippen MR) is 69.1 cm³/mol. The van der Waals surface area contributed by atoms with E-state index in [-0.39, 0.29) is 13.2 Å². The van der Waals surface area contributed by atoms with Gasteiger partial charge in [0.15, 0.2) is 0 Å². The molecule has 0 saturated heterocycles. The van der Waals surface area contributed by atoms with Gasteiger partial charge in [0.1, 0.15) is 6.10 Å². The minimum absolute atomic E-state index is 0.0795. The van der Waals surface area contributed by atoms with Crippen molar-refractivity contribution in [1.82, 2.24) is 4.90 Å². The van der Waals surface area contributed by atoms with Gasteiger partial charge in [0.2, 0.25) is 5.91 Å². The fraction of sp³-hybridized carbons (Fsp3) is 0.385. The molecule has 0 spiro atoms. The van der Waals surface area contributed by atoms with E-state index < -0.39 is 23.8 Å². The molecule has 6 heteroatoms. The summed E-state index contributed by atoms with van der Waals surface area (Å²) in [6.07, 6.45) is -1.56. The average molecular weight is 266 g/mol. The first kappa shape index (κ1) is 15.1. The van der Waals surface area contributed by atoms with Crippen molar-refractivity contribution in [3.8, 4) is 0 Å². The molecule has 19 heavy (non-hydrogen) atoms. The molecule has 104 valence electrons. The first-order chi connectivity index (χ1) is 8.99. The molecule has 1 aromatic rings. The molecule has 0 fully saturated rings. The lowest BCUT2D eigenvalue weighted by atomic mass is 9.92. The van der Waals surface area contributed by atoms with Gasteiger partial charge in [0.25, 0.3) is 5.91 Å². The van der Waals surface area contributed by atoms with E-state index in [2.05, 4.69) is 0 Å². The van der Waals surface area contributed by atoms with Gasteiger partial charge >= 0.3 is 0 Å². The number of benzene rings is 1. The minimum Gasteiger partial charge on any atom is -0.395 e. The van der Waals surface area contributed by atoms with Crippen molar-refractivity contribution in [3.63, 3.8) is 0 Å². The second-order valence-electron chi connectivity index (χ2n) is 4.22. The Kier molecular flexibility index (Phi) is 5.47. The van der Waals surface area contributed by atoms with E-state index in [0.29, 0.717) is 5.56 Å². The maximum Gasteiger partial charge on any atom is 0.252 e. The zero-order chi connectivity index (χ0) is 14.4. The van der Waals surface area contributed by atoms with E-state index in [1.165, 1.54) is 7.05 Å². The van der Waals surface area contributed by atoms with Crippen LogP contribution in [0.5, 0.6) is 0 Å². The number of hydrogen-bond acceptors (Lipinski definition) is 4. The van der Waals surface area contributed by atoms with Gasteiger partial charge in [-0.25, -0.2) is 0 Å². The highest BCUT2D eigenvalue weighted by molar-refractivity contribution is 5.91. The lowest BCUT2D eigenvalue weighted by Gasteiger charge is -2.24. The van der Waals surface area contributed by atoms with Gasteiger partial charge in [0.05, 0.1) is 12.5 Å². The molecule has 0 aromatic heterocycles. The third-order valence-corrected chi connectivity index (χ3v) is 2.85. The highest BCUT2D eigenvalue weighted by Gasteiger charge is 2.33. The van der Waals surface area contributed by atoms with Gasteiger partial charge in [-0.2, -0.15) is 0 Å². The summed E-state index contributed by atoms with van der Waals surface area (Å²) in [5.41, 5.74) is 5.74. The van der Waals surface area contributed by atoms with Crippen LogP contribution in [-0.4, -0.2) is 53.2 Å². The molecule has 6 nitrogen and oxygen atoms in total. The number of nitrogens with zero attached hydrogens (tertiary/aromatic N) is 1.